The van der Waals surface area contributed by atoms with E-state index in [4.69, 9.17) is 14.2 Å². The van der Waals surface area contributed by atoms with E-state index in [2.05, 4.69) is 13.2 Å². The van der Waals surface area contributed by atoms with Gasteiger partial charge in [-0.3, -0.25) is 4.79 Å². The Morgan fingerprint density at radius 2 is 1.69 bits per heavy atom. The van der Waals surface area contributed by atoms with Crippen molar-refractivity contribution in [2.75, 3.05) is 26.6 Å². The van der Waals surface area contributed by atoms with E-state index in [1.165, 1.54) is 32.3 Å². The van der Waals surface area contributed by atoms with Crippen molar-refractivity contribution in [3.63, 3.8) is 0 Å². The van der Waals surface area contributed by atoms with Crippen molar-refractivity contribution >= 4 is 28.2 Å². The van der Waals surface area contributed by atoms with Crippen molar-refractivity contribution in [2.24, 2.45) is 5.41 Å². The number of allylic oxidation sites excluding steroid dienone is 1. The fourth-order valence-electron chi connectivity index (χ4n) is 2.84. The minimum absolute atomic E-state index is 0.212. The van der Waals surface area contributed by atoms with Gasteiger partial charge in [0, 0.05) is 0 Å². The van der Waals surface area contributed by atoms with E-state index >= 15 is 0 Å². The molecule has 10 nitrogen and oxygen atoms in total. The molecule has 11 heteroatoms. The number of carbonyl (C=O) groups is 3. The van der Waals surface area contributed by atoms with Crippen molar-refractivity contribution < 1.29 is 37.0 Å². The molecule has 1 aliphatic carbocycles. The second-order valence-corrected chi connectivity index (χ2v) is 8.24. The third kappa shape index (κ3) is 5.67. The number of hydrazine groups is 1. The topological polar surface area (TPSA) is 120 Å². The number of hydrogen-bond acceptors (Lipinski definition) is 8. The highest BCUT2D eigenvalue weighted by atomic mass is 32.2. The van der Waals surface area contributed by atoms with Gasteiger partial charge in [-0.2, -0.15) is 0 Å². The Morgan fingerprint density at radius 1 is 1.17 bits per heavy atom. The Hall–Kier alpha value is -2.66. The highest BCUT2D eigenvalue weighted by Crippen LogP contribution is 2.39. The van der Waals surface area contributed by atoms with Crippen LogP contribution in [-0.4, -0.2) is 68.6 Å². The van der Waals surface area contributed by atoms with Crippen LogP contribution in [0, 0.1) is 5.41 Å². The first-order valence-electron chi connectivity index (χ1n) is 8.64. The lowest BCUT2D eigenvalue weighted by Gasteiger charge is -2.43. The predicted molar refractivity (Wildman–Crippen MR) is 104 cm³/mol. The molecule has 0 spiro atoms. The normalized spacial score (nSPS) is 21.2. The average molecular weight is 430 g/mol. The van der Waals surface area contributed by atoms with Crippen molar-refractivity contribution in [1.29, 1.82) is 0 Å². The van der Waals surface area contributed by atoms with Gasteiger partial charge in [0.1, 0.15) is 13.2 Å². The number of ether oxygens (including phenoxy) is 3. The van der Waals surface area contributed by atoms with E-state index < -0.39 is 39.6 Å². The molecule has 162 valence electrons. The molecule has 0 fully saturated rings. The molecule has 0 N–H and O–H groups in total. The summed E-state index contributed by atoms with van der Waals surface area (Å²) in [5, 5.41) is 0.212. The molecule has 0 saturated carbocycles. The van der Waals surface area contributed by atoms with Crippen LogP contribution in [0.5, 0.6) is 0 Å². The van der Waals surface area contributed by atoms with Gasteiger partial charge in [0.15, 0.2) is 0 Å². The number of sulfonamides is 1. The molecule has 0 heterocycles. The van der Waals surface area contributed by atoms with Gasteiger partial charge in [0.2, 0.25) is 10.0 Å². The Morgan fingerprint density at radius 3 is 2.10 bits per heavy atom. The van der Waals surface area contributed by atoms with E-state index in [-0.39, 0.29) is 24.6 Å². The molecule has 0 aliphatic heterocycles. The molecule has 1 aliphatic rings. The average Bonchev–Trinajstić information content (AvgIpc) is 2.67. The van der Waals surface area contributed by atoms with Crippen LogP contribution in [0.4, 0.5) is 9.59 Å². The quantitative estimate of drug-likeness (QED) is 0.248. The summed E-state index contributed by atoms with van der Waals surface area (Å²) in [5.41, 5.74) is -1.37. The third-order valence-electron chi connectivity index (χ3n) is 4.22. The molecule has 1 rings (SSSR count). The van der Waals surface area contributed by atoms with Crippen LogP contribution in [-0.2, 0) is 29.0 Å². The van der Waals surface area contributed by atoms with Gasteiger partial charge in [0.25, 0.3) is 0 Å². The maximum atomic E-state index is 12.7. The summed E-state index contributed by atoms with van der Waals surface area (Å²) in [6, 6.07) is -1.24. The van der Waals surface area contributed by atoms with E-state index in [1.54, 1.807) is 6.08 Å². The molecule has 2 amide bonds. The highest BCUT2D eigenvalue weighted by molar-refractivity contribution is 7.88. The lowest BCUT2D eigenvalue weighted by atomic mass is 9.75. The van der Waals surface area contributed by atoms with E-state index in [0.717, 1.165) is 6.26 Å². The summed E-state index contributed by atoms with van der Waals surface area (Å²) in [5.74, 6) is -0.695. The summed E-state index contributed by atoms with van der Waals surface area (Å²) in [4.78, 5) is 37.6. The zero-order chi connectivity index (χ0) is 22.2. The van der Waals surface area contributed by atoms with E-state index in [0.29, 0.717) is 10.8 Å². The molecule has 0 aromatic heterocycles. The van der Waals surface area contributed by atoms with Crippen LogP contribution < -0.4 is 0 Å². The first kappa shape index (κ1) is 24.4. The van der Waals surface area contributed by atoms with Gasteiger partial charge < -0.3 is 14.2 Å². The van der Waals surface area contributed by atoms with Crippen LogP contribution in [0.2, 0.25) is 0 Å². The van der Waals surface area contributed by atoms with Gasteiger partial charge >= 0.3 is 18.2 Å². The predicted octanol–water partition coefficient (Wildman–Crippen LogP) is 2.01. The van der Waals surface area contributed by atoms with Crippen molar-refractivity contribution in [1.82, 2.24) is 9.42 Å². The van der Waals surface area contributed by atoms with Crippen LogP contribution in [0.25, 0.3) is 0 Å². The second-order valence-electron chi connectivity index (χ2n) is 6.40. The number of esters is 1. The summed E-state index contributed by atoms with van der Waals surface area (Å²) < 4.78 is 40.4. The summed E-state index contributed by atoms with van der Waals surface area (Å²) in [7, 11) is -3.10. The number of rotatable bonds is 8. The molecule has 2 atom stereocenters. The summed E-state index contributed by atoms with van der Waals surface area (Å²) in [6.45, 7) is 7.73. The monoisotopic (exact) mass is 430 g/mol. The first-order valence-corrected chi connectivity index (χ1v) is 10.5. The Balaban J connectivity index is 3.58. The van der Waals surface area contributed by atoms with E-state index in [1.807, 2.05) is 0 Å². The van der Waals surface area contributed by atoms with Crippen LogP contribution in [0.15, 0.2) is 37.5 Å². The SMILES string of the molecule is C=CCOC(=O)N(C(=O)OCC=C)N([C@H]1C=CCC[C@@]1(C)C(=O)OC)S(C)(=O)=O. The molecule has 0 bridgehead atoms. The molecule has 29 heavy (non-hydrogen) atoms. The standard InChI is InChI=1S/C18H26N2O8S/c1-6-12-27-16(22)19(17(23)28-13-7-2)20(29(5,24)25)14-10-8-9-11-18(14,3)15(21)26-4/h6-8,10,14H,1-2,9,11-13H2,3-5H3/t14-,18+/m0/s1. The molecule has 0 aromatic rings. The maximum absolute atomic E-state index is 12.7. The van der Waals surface area contributed by atoms with Gasteiger partial charge in [-0.15, -0.1) is 5.01 Å². The first-order chi connectivity index (χ1) is 13.5. The lowest BCUT2D eigenvalue weighted by Crippen LogP contribution is -2.62. The fraction of sp³-hybridized carbons (Fsp3) is 0.500. The molecule has 0 radical (unpaired) electrons. The van der Waals surface area contributed by atoms with Crippen molar-refractivity contribution in [3.8, 4) is 0 Å². The summed E-state index contributed by atoms with van der Waals surface area (Å²) >= 11 is 0. The van der Waals surface area contributed by atoms with E-state index in [9.17, 15) is 22.8 Å². The minimum atomic E-state index is -4.27. The van der Waals surface area contributed by atoms with Gasteiger partial charge in [0.05, 0.1) is 24.8 Å². The number of amides is 2. The Bertz CT molecular complexity index is 768. The number of nitrogens with zero attached hydrogens (tertiary/aromatic N) is 2. The molecular formula is C18H26N2O8S. The van der Waals surface area contributed by atoms with Gasteiger partial charge in [-0.05, 0) is 19.8 Å². The molecular weight excluding hydrogens is 404 g/mol. The number of imide groups is 1. The number of hydrogen-bond donors (Lipinski definition) is 0. The van der Waals surface area contributed by atoms with Gasteiger partial charge in [-0.25, -0.2) is 18.0 Å². The molecule has 0 saturated heterocycles. The number of carbonyl (C=O) groups excluding carboxylic acids is 3. The fourth-order valence-corrected chi connectivity index (χ4v) is 3.98. The highest BCUT2D eigenvalue weighted by Gasteiger charge is 2.52. The minimum Gasteiger partial charge on any atom is -0.469 e. The summed E-state index contributed by atoms with van der Waals surface area (Å²) in [6.07, 6.45) is 4.44. The maximum Gasteiger partial charge on any atom is 0.435 e. The smallest absolute Gasteiger partial charge is 0.435 e. The number of methoxy groups -OCH3 is 1. The zero-order valence-electron chi connectivity index (χ0n) is 16.7. The van der Waals surface area contributed by atoms with Crippen molar-refractivity contribution in [3.05, 3.63) is 37.5 Å². The van der Waals surface area contributed by atoms with Crippen LogP contribution in [0.1, 0.15) is 19.8 Å². The largest absolute Gasteiger partial charge is 0.469 e. The second kappa shape index (κ2) is 10.2. The third-order valence-corrected chi connectivity index (χ3v) is 5.29. The van der Waals surface area contributed by atoms with Crippen LogP contribution in [0.3, 0.4) is 0 Å². The Kier molecular flexibility index (Phi) is 8.59. The Labute approximate surface area is 170 Å². The van der Waals surface area contributed by atoms with Crippen LogP contribution >= 0.6 is 0 Å². The van der Waals surface area contributed by atoms with Crippen molar-refractivity contribution in [2.45, 2.75) is 25.8 Å². The molecule has 0 unspecified atom stereocenters. The van der Waals surface area contributed by atoms with Gasteiger partial charge in [-0.1, -0.05) is 41.9 Å². The lowest BCUT2D eigenvalue weighted by molar-refractivity contribution is -0.156. The molecule has 0 aromatic carbocycles. The zero-order valence-corrected chi connectivity index (χ0v) is 17.5.